The molecule has 0 bridgehead atoms. The number of carbonyl (C=O) groups is 1. The highest BCUT2D eigenvalue weighted by Crippen LogP contribution is 2.33. The average Bonchev–Trinajstić information content (AvgIpc) is 3.49. The molecule has 1 amide bonds. The third kappa shape index (κ3) is 4.06. The molecule has 6 heteroatoms. The predicted octanol–water partition coefficient (Wildman–Crippen LogP) is 2.57. The normalized spacial score (nSPS) is 21.6. The Morgan fingerprint density at radius 2 is 1.93 bits per heavy atom. The molecule has 2 aromatic rings. The fourth-order valence-corrected chi connectivity index (χ4v) is 5.02. The molecule has 30 heavy (non-hydrogen) atoms. The van der Waals surface area contributed by atoms with Crippen molar-refractivity contribution in [2.24, 2.45) is 11.8 Å². The van der Waals surface area contributed by atoms with Crippen LogP contribution in [0.2, 0.25) is 0 Å². The van der Waals surface area contributed by atoms with Gasteiger partial charge in [-0.15, -0.1) is 0 Å². The van der Waals surface area contributed by atoms with Crippen LogP contribution in [-0.4, -0.2) is 48.6 Å². The van der Waals surface area contributed by atoms with E-state index < -0.39 is 0 Å². The molecule has 3 aliphatic rings. The number of hydrogen-bond donors (Lipinski definition) is 2. The number of aryl methyl sites for hydroxylation is 1. The highest BCUT2D eigenvalue weighted by molar-refractivity contribution is 5.79. The van der Waals surface area contributed by atoms with Gasteiger partial charge in [0, 0.05) is 42.4 Å². The first kappa shape index (κ1) is 19.5. The van der Waals surface area contributed by atoms with E-state index in [9.17, 15) is 4.79 Å². The van der Waals surface area contributed by atoms with Crippen LogP contribution in [0.5, 0.6) is 0 Å². The van der Waals surface area contributed by atoms with Crippen molar-refractivity contribution in [2.45, 2.75) is 38.5 Å². The van der Waals surface area contributed by atoms with Gasteiger partial charge in [-0.1, -0.05) is 30.3 Å². The first-order valence-corrected chi connectivity index (χ1v) is 11.5. The van der Waals surface area contributed by atoms with Crippen LogP contribution in [0.25, 0.3) is 11.4 Å². The molecular weight excluding hydrogens is 374 g/mol. The summed E-state index contributed by atoms with van der Waals surface area (Å²) in [4.78, 5) is 24.9. The van der Waals surface area contributed by atoms with Gasteiger partial charge < -0.3 is 15.5 Å². The Hall–Kier alpha value is -2.47. The van der Waals surface area contributed by atoms with Gasteiger partial charge in [-0.25, -0.2) is 9.97 Å². The minimum Gasteiger partial charge on any atom is -0.356 e. The lowest BCUT2D eigenvalue weighted by Gasteiger charge is -2.33. The lowest BCUT2D eigenvalue weighted by atomic mass is 9.95. The van der Waals surface area contributed by atoms with Crippen LogP contribution in [-0.2, 0) is 17.6 Å². The molecule has 2 fully saturated rings. The minimum absolute atomic E-state index is 0.124. The molecule has 0 saturated carbocycles. The standard InChI is InChI=1S/C24H31N5O/c30-24(26-16-17-9-12-25-15-17)19-10-13-29(14-11-19)23-20-7-4-8-21(20)27-22(28-23)18-5-2-1-3-6-18/h1-3,5-6,17,19,25H,4,7-16H2,(H,26,30)/t17-/m0/s1. The zero-order valence-corrected chi connectivity index (χ0v) is 17.6. The van der Waals surface area contributed by atoms with E-state index in [1.165, 1.54) is 17.7 Å². The summed E-state index contributed by atoms with van der Waals surface area (Å²) in [5.41, 5.74) is 3.61. The molecular formula is C24H31N5O. The fraction of sp³-hybridized carbons (Fsp3) is 0.542. The van der Waals surface area contributed by atoms with E-state index in [2.05, 4.69) is 27.7 Å². The molecule has 0 unspecified atom stereocenters. The van der Waals surface area contributed by atoms with Crippen molar-refractivity contribution < 1.29 is 4.79 Å². The Balaban J connectivity index is 1.26. The molecule has 1 aliphatic carbocycles. The number of nitrogens with zero attached hydrogens (tertiary/aromatic N) is 3. The van der Waals surface area contributed by atoms with Crippen molar-refractivity contribution in [3.05, 3.63) is 41.6 Å². The topological polar surface area (TPSA) is 70.2 Å². The van der Waals surface area contributed by atoms with Crippen molar-refractivity contribution in [1.29, 1.82) is 0 Å². The van der Waals surface area contributed by atoms with Gasteiger partial charge in [0.1, 0.15) is 5.82 Å². The van der Waals surface area contributed by atoms with Gasteiger partial charge in [-0.05, 0) is 57.5 Å². The second-order valence-corrected chi connectivity index (χ2v) is 8.88. The van der Waals surface area contributed by atoms with Gasteiger partial charge in [-0.3, -0.25) is 4.79 Å². The molecule has 0 spiro atoms. The van der Waals surface area contributed by atoms with Crippen molar-refractivity contribution in [3.8, 4) is 11.4 Å². The third-order valence-electron chi connectivity index (χ3n) is 6.84. The number of rotatable bonds is 5. The summed E-state index contributed by atoms with van der Waals surface area (Å²) in [5, 5.41) is 6.56. The van der Waals surface area contributed by atoms with E-state index in [1.54, 1.807) is 0 Å². The SMILES string of the molecule is O=C(NC[C@H]1CCNC1)C1CCN(c2nc(-c3ccccc3)nc3c2CCC3)CC1. The summed E-state index contributed by atoms with van der Waals surface area (Å²) >= 11 is 0. The summed E-state index contributed by atoms with van der Waals surface area (Å²) in [5.74, 6) is 2.89. The molecule has 1 aromatic heterocycles. The molecule has 6 nitrogen and oxygen atoms in total. The number of benzene rings is 1. The fourth-order valence-electron chi connectivity index (χ4n) is 5.02. The zero-order chi connectivity index (χ0) is 20.3. The van der Waals surface area contributed by atoms with Crippen molar-refractivity contribution >= 4 is 11.7 Å². The van der Waals surface area contributed by atoms with Crippen LogP contribution in [0.4, 0.5) is 5.82 Å². The van der Waals surface area contributed by atoms with E-state index in [4.69, 9.17) is 9.97 Å². The van der Waals surface area contributed by atoms with E-state index in [0.29, 0.717) is 5.92 Å². The van der Waals surface area contributed by atoms with Crippen molar-refractivity contribution in [2.75, 3.05) is 37.6 Å². The highest BCUT2D eigenvalue weighted by Gasteiger charge is 2.29. The smallest absolute Gasteiger partial charge is 0.223 e. The number of amides is 1. The van der Waals surface area contributed by atoms with E-state index >= 15 is 0 Å². The Labute approximate surface area is 178 Å². The summed E-state index contributed by atoms with van der Waals surface area (Å²) in [6.45, 7) is 4.70. The molecule has 1 aromatic carbocycles. The summed E-state index contributed by atoms with van der Waals surface area (Å²) in [6.07, 6.45) is 6.23. The van der Waals surface area contributed by atoms with Crippen molar-refractivity contribution in [3.63, 3.8) is 0 Å². The number of anilines is 1. The van der Waals surface area contributed by atoms with Crippen molar-refractivity contribution in [1.82, 2.24) is 20.6 Å². The Morgan fingerprint density at radius 1 is 1.10 bits per heavy atom. The molecule has 2 N–H and O–H groups in total. The lowest BCUT2D eigenvalue weighted by Crippen LogP contribution is -2.42. The van der Waals surface area contributed by atoms with Gasteiger partial charge in [-0.2, -0.15) is 0 Å². The summed E-state index contributed by atoms with van der Waals surface area (Å²) < 4.78 is 0. The van der Waals surface area contributed by atoms with E-state index in [-0.39, 0.29) is 11.8 Å². The van der Waals surface area contributed by atoms with Crippen LogP contribution in [0.15, 0.2) is 30.3 Å². The van der Waals surface area contributed by atoms with Gasteiger partial charge in [0.25, 0.3) is 0 Å². The first-order chi connectivity index (χ1) is 14.8. The molecule has 5 rings (SSSR count). The van der Waals surface area contributed by atoms with Crippen LogP contribution in [0.3, 0.4) is 0 Å². The highest BCUT2D eigenvalue weighted by atomic mass is 16.1. The lowest BCUT2D eigenvalue weighted by molar-refractivity contribution is -0.125. The van der Waals surface area contributed by atoms with Gasteiger partial charge in [0.05, 0.1) is 0 Å². The van der Waals surface area contributed by atoms with Gasteiger partial charge in [0.15, 0.2) is 5.82 Å². The average molecular weight is 406 g/mol. The first-order valence-electron chi connectivity index (χ1n) is 11.5. The molecule has 2 aliphatic heterocycles. The van der Waals surface area contributed by atoms with Gasteiger partial charge >= 0.3 is 0 Å². The number of fused-ring (bicyclic) bond motifs is 1. The van der Waals surface area contributed by atoms with Crippen LogP contribution >= 0.6 is 0 Å². The monoisotopic (exact) mass is 405 g/mol. The zero-order valence-electron chi connectivity index (χ0n) is 17.6. The maximum Gasteiger partial charge on any atom is 0.223 e. The molecule has 2 saturated heterocycles. The largest absolute Gasteiger partial charge is 0.356 e. The number of carbonyl (C=O) groups excluding carboxylic acids is 1. The second-order valence-electron chi connectivity index (χ2n) is 8.88. The molecule has 1 atom stereocenters. The van der Waals surface area contributed by atoms with Gasteiger partial charge in [0.2, 0.25) is 5.91 Å². The Kier molecular flexibility index (Phi) is 5.67. The van der Waals surface area contributed by atoms with Crippen LogP contribution in [0, 0.1) is 11.8 Å². The number of nitrogens with one attached hydrogen (secondary N) is 2. The third-order valence-corrected chi connectivity index (χ3v) is 6.84. The second kappa shape index (κ2) is 8.72. The summed E-state index contributed by atoms with van der Waals surface area (Å²) in [6, 6.07) is 10.3. The number of piperidine rings is 1. The van der Waals surface area contributed by atoms with Crippen LogP contribution in [0.1, 0.15) is 36.9 Å². The molecule has 3 heterocycles. The Morgan fingerprint density at radius 3 is 2.70 bits per heavy atom. The predicted molar refractivity (Wildman–Crippen MR) is 118 cm³/mol. The molecule has 0 radical (unpaired) electrons. The minimum atomic E-state index is 0.124. The Bertz CT molecular complexity index is 886. The number of hydrogen-bond acceptors (Lipinski definition) is 5. The maximum absolute atomic E-state index is 12.6. The van der Waals surface area contributed by atoms with Crippen LogP contribution < -0.4 is 15.5 Å². The maximum atomic E-state index is 12.6. The van der Waals surface area contributed by atoms with E-state index in [1.807, 2.05) is 18.2 Å². The number of aromatic nitrogens is 2. The quantitative estimate of drug-likeness (QED) is 0.800. The van der Waals surface area contributed by atoms with E-state index in [0.717, 1.165) is 82.0 Å². The molecule has 158 valence electrons. The summed E-state index contributed by atoms with van der Waals surface area (Å²) in [7, 11) is 0.